The van der Waals surface area contributed by atoms with Crippen LogP contribution in [0.25, 0.3) is 5.78 Å². The monoisotopic (exact) mass is 360 g/mol. The van der Waals surface area contributed by atoms with Crippen molar-refractivity contribution in [1.82, 2.24) is 19.6 Å². The summed E-state index contributed by atoms with van der Waals surface area (Å²) in [6.07, 6.45) is 2.47. The molecule has 1 N–H and O–H groups in total. The summed E-state index contributed by atoms with van der Waals surface area (Å²) in [7, 11) is 0. The lowest BCUT2D eigenvalue weighted by molar-refractivity contribution is 0.628. The van der Waals surface area contributed by atoms with Gasteiger partial charge in [-0.25, -0.2) is 9.37 Å². The van der Waals surface area contributed by atoms with E-state index in [0.29, 0.717) is 5.78 Å². The number of nitrogens with zero attached hydrogens (tertiary/aromatic N) is 5. The zero-order chi connectivity index (χ0) is 17.6. The molecule has 0 aliphatic carbocycles. The Hall–Kier alpha value is -2.41. The first-order chi connectivity index (χ1) is 12.0. The Balaban J connectivity index is 1.56. The maximum atomic E-state index is 13.4. The van der Waals surface area contributed by atoms with Gasteiger partial charge < -0.3 is 10.2 Å². The predicted octanol–water partition coefficient (Wildman–Crippen LogP) is 3.22. The molecule has 3 aromatic rings. The van der Waals surface area contributed by atoms with E-state index >= 15 is 0 Å². The lowest BCUT2D eigenvalue weighted by Crippen LogP contribution is -2.27. The smallest absolute Gasteiger partial charge is 0.254 e. The summed E-state index contributed by atoms with van der Waals surface area (Å²) in [5, 5.41) is 8.00. The number of aryl methyl sites for hydroxylation is 1. The molecule has 1 aromatic carbocycles. The topological polar surface area (TPSA) is 58.4 Å². The molecule has 1 fully saturated rings. The van der Waals surface area contributed by atoms with E-state index in [1.165, 1.54) is 12.4 Å². The molecule has 0 saturated carbocycles. The molecule has 3 heterocycles. The molecule has 130 valence electrons. The number of fused-ring (bicyclic) bond motifs is 1. The molecule has 0 radical (unpaired) electrons. The van der Waals surface area contributed by atoms with Crippen molar-refractivity contribution in [2.24, 2.45) is 0 Å². The molecule has 1 aliphatic rings. The van der Waals surface area contributed by atoms with Gasteiger partial charge in [0.15, 0.2) is 0 Å². The average molecular weight is 361 g/mol. The van der Waals surface area contributed by atoms with Crippen molar-refractivity contribution in [2.45, 2.75) is 26.3 Å². The summed E-state index contributed by atoms with van der Waals surface area (Å²) in [6.45, 7) is 5.68. The van der Waals surface area contributed by atoms with Gasteiger partial charge in [0.1, 0.15) is 18.0 Å². The van der Waals surface area contributed by atoms with E-state index in [-0.39, 0.29) is 11.1 Å². The number of hydrogen-bond donors (Lipinski definition) is 1. The molecule has 1 atom stereocenters. The summed E-state index contributed by atoms with van der Waals surface area (Å²) in [5.41, 5.74) is 2.92. The van der Waals surface area contributed by atoms with Crippen LogP contribution in [0.2, 0.25) is 5.02 Å². The van der Waals surface area contributed by atoms with Crippen LogP contribution in [0.3, 0.4) is 0 Å². The van der Waals surface area contributed by atoms with Crippen molar-refractivity contribution in [2.75, 3.05) is 23.3 Å². The molecule has 25 heavy (non-hydrogen) atoms. The third kappa shape index (κ3) is 2.89. The Bertz CT molecular complexity index is 940. The Morgan fingerprint density at radius 1 is 1.32 bits per heavy atom. The largest absolute Gasteiger partial charge is 0.369 e. The number of halogens is 2. The first-order valence-corrected chi connectivity index (χ1v) is 8.54. The molecular formula is C17H18ClFN6. The highest BCUT2D eigenvalue weighted by atomic mass is 35.5. The fourth-order valence-electron chi connectivity index (χ4n) is 3.19. The number of nitrogens with one attached hydrogen (secondary N) is 1. The number of benzene rings is 1. The summed E-state index contributed by atoms with van der Waals surface area (Å²) in [6, 6.07) is 5.10. The maximum Gasteiger partial charge on any atom is 0.254 e. The molecule has 2 aromatic heterocycles. The zero-order valence-corrected chi connectivity index (χ0v) is 14.8. The van der Waals surface area contributed by atoms with Gasteiger partial charge in [-0.15, -0.1) is 0 Å². The molecule has 4 rings (SSSR count). The van der Waals surface area contributed by atoms with Crippen LogP contribution in [0.1, 0.15) is 17.7 Å². The van der Waals surface area contributed by atoms with Crippen LogP contribution < -0.4 is 10.2 Å². The quantitative estimate of drug-likeness (QED) is 0.777. The first kappa shape index (κ1) is 16.1. The first-order valence-electron chi connectivity index (χ1n) is 8.16. The van der Waals surface area contributed by atoms with E-state index < -0.39 is 5.82 Å². The van der Waals surface area contributed by atoms with Gasteiger partial charge in [-0.3, -0.25) is 0 Å². The second-order valence-corrected chi connectivity index (χ2v) is 6.72. The summed E-state index contributed by atoms with van der Waals surface area (Å²) in [5.74, 6) is 1.12. The zero-order valence-electron chi connectivity index (χ0n) is 14.0. The normalized spacial score (nSPS) is 17.4. The van der Waals surface area contributed by atoms with Crippen molar-refractivity contribution in [1.29, 1.82) is 0 Å². The second kappa shape index (κ2) is 6.15. The van der Waals surface area contributed by atoms with Crippen LogP contribution in [-0.4, -0.2) is 38.7 Å². The van der Waals surface area contributed by atoms with E-state index in [9.17, 15) is 4.39 Å². The van der Waals surface area contributed by atoms with Crippen molar-refractivity contribution in [3.8, 4) is 0 Å². The third-order valence-corrected chi connectivity index (χ3v) is 4.99. The Morgan fingerprint density at radius 2 is 2.16 bits per heavy atom. The van der Waals surface area contributed by atoms with Gasteiger partial charge in [-0.1, -0.05) is 11.6 Å². The van der Waals surface area contributed by atoms with E-state index in [4.69, 9.17) is 11.6 Å². The average Bonchev–Trinajstić information content (AvgIpc) is 3.23. The summed E-state index contributed by atoms with van der Waals surface area (Å²) >= 11 is 5.91. The minimum Gasteiger partial charge on any atom is -0.369 e. The second-order valence-electron chi connectivity index (χ2n) is 6.32. The van der Waals surface area contributed by atoms with Crippen molar-refractivity contribution in [3.05, 3.63) is 46.6 Å². The number of aromatic nitrogens is 4. The van der Waals surface area contributed by atoms with Crippen LogP contribution in [0.4, 0.5) is 15.9 Å². The third-order valence-electron chi connectivity index (χ3n) is 4.70. The van der Waals surface area contributed by atoms with Crippen molar-refractivity contribution < 1.29 is 4.39 Å². The van der Waals surface area contributed by atoms with Gasteiger partial charge in [0.2, 0.25) is 0 Å². The Morgan fingerprint density at radius 3 is 2.96 bits per heavy atom. The number of hydrogen-bond acceptors (Lipinski definition) is 5. The molecule has 0 amide bonds. The van der Waals surface area contributed by atoms with Crippen LogP contribution >= 0.6 is 11.6 Å². The molecule has 6 nitrogen and oxygen atoms in total. The standard InChI is InChI=1S/C17H18ClFN6/c1-10-11(2)22-17-20-9-21-25(17)16(10)23-12-5-6-24(8-12)13-3-4-15(19)14(18)7-13/h3-4,7,9,12,23H,5-6,8H2,1-2H3. The fraction of sp³-hybridized carbons (Fsp3) is 0.353. The van der Waals surface area contributed by atoms with Crippen LogP contribution in [0.15, 0.2) is 24.5 Å². The molecule has 1 unspecified atom stereocenters. The van der Waals surface area contributed by atoms with Crippen molar-refractivity contribution in [3.63, 3.8) is 0 Å². The summed E-state index contributed by atoms with van der Waals surface area (Å²) in [4.78, 5) is 10.8. The van der Waals surface area contributed by atoms with Gasteiger partial charge in [0.05, 0.1) is 5.02 Å². The molecule has 1 saturated heterocycles. The van der Waals surface area contributed by atoms with Crippen LogP contribution in [0.5, 0.6) is 0 Å². The molecule has 8 heteroatoms. The highest BCUT2D eigenvalue weighted by Crippen LogP contribution is 2.27. The highest BCUT2D eigenvalue weighted by Gasteiger charge is 2.25. The van der Waals surface area contributed by atoms with Crippen molar-refractivity contribution >= 4 is 28.9 Å². The molecule has 0 spiro atoms. The van der Waals surface area contributed by atoms with Gasteiger partial charge in [0, 0.05) is 36.1 Å². The van der Waals surface area contributed by atoms with Gasteiger partial charge in [0.25, 0.3) is 5.78 Å². The van der Waals surface area contributed by atoms with Gasteiger partial charge in [-0.05, 0) is 38.5 Å². The number of rotatable bonds is 3. The molecule has 0 bridgehead atoms. The van der Waals surface area contributed by atoms with E-state index in [2.05, 4.69) is 25.3 Å². The minimum atomic E-state index is -0.393. The summed E-state index contributed by atoms with van der Waals surface area (Å²) < 4.78 is 15.1. The highest BCUT2D eigenvalue weighted by molar-refractivity contribution is 6.31. The van der Waals surface area contributed by atoms with Gasteiger partial charge in [-0.2, -0.15) is 14.6 Å². The Labute approximate surface area is 149 Å². The lowest BCUT2D eigenvalue weighted by atomic mass is 10.2. The van der Waals surface area contributed by atoms with Gasteiger partial charge >= 0.3 is 0 Å². The lowest BCUT2D eigenvalue weighted by Gasteiger charge is -2.21. The van der Waals surface area contributed by atoms with E-state index in [0.717, 1.165) is 42.3 Å². The predicted molar refractivity (Wildman–Crippen MR) is 95.9 cm³/mol. The van der Waals surface area contributed by atoms with Crippen LogP contribution in [-0.2, 0) is 0 Å². The maximum absolute atomic E-state index is 13.4. The SMILES string of the molecule is Cc1nc2ncnn2c(NC2CCN(c3ccc(F)c(Cl)c3)C2)c1C. The fourth-order valence-corrected chi connectivity index (χ4v) is 3.37. The van der Waals surface area contributed by atoms with E-state index in [1.807, 2.05) is 13.8 Å². The molecule has 1 aliphatic heterocycles. The Kier molecular flexibility index (Phi) is 3.95. The van der Waals surface area contributed by atoms with Crippen LogP contribution in [0, 0.1) is 19.7 Å². The molecular weight excluding hydrogens is 343 g/mol. The number of anilines is 2. The van der Waals surface area contributed by atoms with E-state index in [1.54, 1.807) is 16.6 Å². The minimum absolute atomic E-state index is 0.152.